The summed E-state index contributed by atoms with van der Waals surface area (Å²) in [7, 11) is 0. The summed E-state index contributed by atoms with van der Waals surface area (Å²) in [5, 5.41) is 15.6. The number of hydrogen-bond acceptors (Lipinski definition) is 1. The van der Waals surface area contributed by atoms with E-state index in [-0.39, 0.29) is 10.8 Å². The van der Waals surface area contributed by atoms with Crippen molar-refractivity contribution >= 4 is 115 Å². The smallest absolute Gasteiger partial charge is 0.0783 e. The van der Waals surface area contributed by atoms with E-state index in [1.54, 1.807) is 0 Å². The second-order valence-electron chi connectivity index (χ2n) is 19.4. The number of benzene rings is 9. The summed E-state index contributed by atoms with van der Waals surface area (Å²) in [6.45, 7) is 14.0. The summed E-state index contributed by atoms with van der Waals surface area (Å²) in [5.74, 6) is 0. The molecule has 292 valence electrons. The van der Waals surface area contributed by atoms with Gasteiger partial charge >= 0.3 is 0 Å². The van der Waals surface area contributed by atoms with E-state index in [0.29, 0.717) is 0 Å². The molecular weight excluding hydrogens is 739 g/mol. The summed E-state index contributed by atoms with van der Waals surface area (Å²) in [4.78, 5) is 2.48. The van der Waals surface area contributed by atoms with E-state index >= 15 is 0 Å². The van der Waals surface area contributed by atoms with Crippen LogP contribution in [0.3, 0.4) is 0 Å². The molecule has 0 radical (unpaired) electrons. The van der Waals surface area contributed by atoms with Crippen LogP contribution < -0.4 is 4.90 Å². The molecule has 0 fully saturated rings. The molecule has 3 nitrogen and oxygen atoms in total. The first kappa shape index (κ1) is 34.7. The minimum atomic E-state index is -0.0870. The predicted molar refractivity (Wildman–Crippen MR) is 263 cm³/mol. The van der Waals surface area contributed by atoms with Crippen molar-refractivity contribution in [1.29, 1.82) is 0 Å². The lowest BCUT2D eigenvalue weighted by molar-refractivity contribution is 0.591. The van der Waals surface area contributed by atoms with Crippen LogP contribution in [0.15, 0.2) is 164 Å². The van der Waals surface area contributed by atoms with Crippen molar-refractivity contribution in [2.75, 3.05) is 4.90 Å². The highest BCUT2D eigenvalue weighted by molar-refractivity contribution is 6.36. The van der Waals surface area contributed by atoms with Crippen LogP contribution in [0.1, 0.15) is 52.7 Å². The molecular formula is C58H45N3. The van der Waals surface area contributed by atoms with E-state index in [0.717, 1.165) is 11.4 Å². The van der Waals surface area contributed by atoms with Crippen LogP contribution in [0.25, 0.3) is 97.7 Å². The first-order valence-electron chi connectivity index (χ1n) is 21.7. The normalized spacial score (nSPS) is 13.1. The Balaban J connectivity index is 1.28. The second-order valence-corrected chi connectivity index (χ2v) is 19.4. The molecule has 13 aromatic rings. The molecule has 13 rings (SSSR count). The molecule has 0 saturated carbocycles. The van der Waals surface area contributed by atoms with Gasteiger partial charge in [-0.2, -0.15) is 0 Å². The van der Waals surface area contributed by atoms with E-state index in [1.165, 1.54) is 115 Å². The first-order chi connectivity index (χ1) is 29.5. The summed E-state index contributed by atoms with van der Waals surface area (Å²) < 4.78 is 5.21. The quantitative estimate of drug-likeness (QED) is 0.174. The van der Waals surface area contributed by atoms with Gasteiger partial charge in [-0.1, -0.05) is 133 Å². The maximum Gasteiger partial charge on any atom is 0.0783 e. The van der Waals surface area contributed by atoms with Crippen molar-refractivity contribution < 1.29 is 0 Å². The van der Waals surface area contributed by atoms with E-state index < -0.39 is 0 Å². The molecule has 61 heavy (non-hydrogen) atoms. The maximum atomic E-state index is 2.63. The molecule has 0 atom stereocenters. The van der Waals surface area contributed by atoms with E-state index in [1.807, 2.05) is 0 Å². The average Bonchev–Trinajstić information content (AvgIpc) is 3.98. The zero-order chi connectivity index (χ0) is 41.1. The van der Waals surface area contributed by atoms with Crippen molar-refractivity contribution in [2.24, 2.45) is 0 Å². The zero-order valence-electron chi connectivity index (χ0n) is 35.4. The van der Waals surface area contributed by atoms with E-state index in [4.69, 9.17) is 0 Å². The van der Waals surface area contributed by atoms with Gasteiger partial charge in [0, 0.05) is 54.5 Å². The molecule has 4 aromatic heterocycles. The van der Waals surface area contributed by atoms with E-state index in [2.05, 4.69) is 219 Å². The number of rotatable bonds is 3. The second kappa shape index (κ2) is 11.8. The molecule has 4 heterocycles. The predicted octanol–water partition coefficient (Wildman–Crippen LogP) is 16.4. The Morgan fingerprint density at radius 3 is 1.44 bits per heavy atom. The molecule has 0 spiro atoms. The van der Waals surface area contributed by atoms with Gasteiger partial charge in [0.15, 0.2) is 0 Å². The number of anilines is 3. The Hall–Kier alpha value is -7.10. The van der Waals surface area contributed by atoms with Crippen molar-refractivity contribution in [3.8, 4) is 0 Å². The largest absolute Gasteiger partial charge is 0.308 e. The van der Waals surface area contributed by atoms with Crippen LogP contribution in [-0.4, -0.2) is 8.80 Å². The highest BCUT2D eigenvalue weighted by atomic mass is 15.2. The van der Waals surface area contributed by atoms with Gasteiger partial charge in [-0.15, -0.1) is 0 Å². The van der Waals surface area contributed by atoms with Gasteiger partial charge in [-0.05, 0) is 116 Å². The van der Waals surface area contributed by atoms with Crippen molar-refractivity contribution in [3.05, 3.63) is 175 Å². The minimum Gasteiger partial charge on any atom is -0.308 e. The van der Waals surface area contributed by atoms with Gasteiger partial charge < -0.3 is 13.7 Å². The number of hydrogen-bond donors (Lipinski definition) is 0. The Bertz CT molecular complexity index is 3890. The molecule has 9 aromatic carbocycles. The van der Waals surface area contributed by atoms with Crippen LogP contribution in [0.4, 0.5) is 17.1 Å². The fraction of sp³-hybridized carbons (Fsp3) is 0.138. The fourth-order valence-corrected chi connectivity index (χ4v) is 10.8. The van der Waals surface area contributed by atoms with Crippen molar-refractivity contribution in [2.45, 2.75) is 52.4 Å². The summed E-state index contributed by atoms with van der Waals surface area (Å²) in [6, 6.07) is 61.9. The molecule has 0 bridgehead atoms. The Morgan fingerprint density at radius 2 is 0.836 bits per heavy atom. The summed E-state index contributed by atoms with van der Waals surface area (Å²) in [5.41, 5.74) is 13.7. The standard InChI is InChI=1S/C58H45N3/c1-57(2,3)36-25-26-48-42(29-36)44-27-34-17-13-15-23-40(34)52-46-33-49-43(32-50(46)60(48)55(44)52)45-28-35-18-14-16-24-41(35)53-47-30-37(58(4,5)6)31-51(54(47)61(49)56(45)53)59(38-19-9-7-10-20-38)39-21-11-8-12-22-39/h7-33H,1-6H3. The third-order valence-electron chi connectivity index (χ3n) is 13.8. The van der Waals surface area contributed by atoms with Gasteiger partial charge in [0.05, 0.1) is 38.8 Å². The Kier molecular flexibility index (Phi) is 6.72. The van der Waals surface area contributed by atoms with Gasteiger partial charge in [0.1, 0.15) is 0 Å². The number of para-hydroxylation sites is 2. The summed E-state index contributed by atoms with van der Waals surface area (Å²) >= 11 is 0. The molecule has 0 saturated heterocycles. The molecule has 0 aliphatic rings. The highest BCUT2D eigenvalue weighted by Gasteiger charge is 2.29. The molecule has 0 N–H and O–H groups in total. The summed E-state index contributed by atoms with van der Waals surface area (Å²) in [6.07, 6.45) is 0. The number of aromatic nitrogens is 2. The zero-order valence-corrected chi connectivity index (χ0v) is 35.4. The topological polar surface area (TPSA) is 12.1 Å². The Labute approximate surface area is 354 Å². The molecule has 0 aliphatic carbocycles. The lowest BCUT2D eigenvalue weighted by atomic mass is 9.85. The molecule has 0 unspecified atom stereocenters. The fourth-order valence-electron chi connectivity index (χ4n) is 10.8. The van der Waals surface area contributed by atoms with Gasteiger partial charge in [0.25, 0.3) is 0 Å². The minimum absolute atomic E-state index is 0.0476. The van der Waals surface area contributed by atoms with Crippen LogP contribution in [0.5, 0.6) is 0 Å². The van der Waals surface area contributed by atoms with Gasteiger partial charge in [0.2, 0.25) is 0 Å². The average molecular weight is 784 g/mol. The highest BCUT2D eigenvalue weighted by Crippen LogP contribution is 2.51. The third-order valence-corrected chi connectivity index (χ3v) is 13.8. The number of fused-ring (bicyclic) bond motifs is 16. The third kappa shape index (κ3) is 4.64. The SMILES string of the molecule is CC(C)(C)c1ccc2c(c1)c1cc3ccccc3c3c4cc5c(cc4n2c13)c1cc2ccccc2c2c3cc(C(C)(C)C)cc(N(c4ccccc4)c4ccccc4)c3n5c12. The van der Waals surface area contributed by atoms with E-state index in [9.17, 15) is 0 Å². The lowest BCUT2D eigenvalue weighted by Crippen LogP contribution is -2.15. The molecule has 0 amide bonds. The van der Waals surface area contributed by atoms with Gasteiger partial charge in [-0.3, -0.25) is 0 Å². The first-order valence-corrected chi connectivity index (χ1v) is 21.7. The Morgan fingerprint density at radius 1 is 0.344 bits per heavy atom. The van der Waals surface area contributed by atoms with Gasteiger partial charge in [-0.25, -0.2) is 0 Å². The van der Waals surface area contributed by atoms with Crippen LogP contribution in [-0.2, 0) is 10.8 Å². The molecule has 3 heteroatoms. The molecule has 0 aliphatic heterocycles. The van der Waals surface area contributed by atoms with Crippen molar-refractivity contribution in [3.63, 3.8) is 0 Å². The monoisotopic (exact) mass is 783 g/mol. The lowest BCUT2D eigenvalue weighted by Gasteiger charge is -2.29. The van der Waals surface area contributed by atoms with Crippen LogP contribution in [0, 0.1) is 0 Å². The van der Waals surface area contributed by atoms with Crippen molar-refractivity contribution in [1.82, 2.24) is 8.80 Å². The van der Waals surface area contributed by atoms with Crippen LogP contribution >= 0.6 is 0 Å². The maximum absolute atomic E-state index is 2.63. The van der Waals surface area contributed by atoms with Crippen LogP contribution in [0.2, 0.25) is 0 Å². The number of nitrogens with zero attached hydrogens (tertiary/aromatic N) is 3.